The molecule has 1 atom stereocenters. The zero-order chi connectivity index (χ0) is 14.5. The van der Waals surface area contributed by atoms with E-state index in [1.165, 1.54) is 11.3 Å². The minimum absolute atomic E-state index is 0.282. The zero-order valence-electron chi connectivity index (χ0n) is 10.7. The molecule has 20 heavy (non-hydrogen) atoms. The Hall–Kier alpha value is -0.850. The van der Waals surface area contributed by atoms with Gasteiger partial charge >= 0.3 is 5.97 Å². The van der Waals surface area contributed by atoms with Crippen molar-refractivity contribution in [2.45, 2.75) is 13.0 Å². The first-order valence-corrected chi connectivity index (χ1v) is 8.50. The molecule has 0 radical (unpaired) electrons. The quantitative estimate of drug-likeness (QED) is 0.695. The Bertz CT molecular complexity index is 600. The fourth-order valence-corrected chi connectivity index (χ4v) is 3.75. The van der Waals surface area contributed by atoms with E-state index in [0.717, 1.165) is 19.5 Å². The smallest absolute Gasteiger partial charge is 0.334 e. The molecule has 0 saturated heterocycles. The lowest BCUT2D eigenvalue weighted by Gasteiger charge is -2.18. The van der Waals surface area contributed by atoms with Gasteiger partial charge in [-0.05, 0) is 52.5 Å². The molecule has 106 valence electrons. The number of halogens is 2. The Morgan fingerprint density at radius 3 is 2.80 bits per heavy atom. The van der Waals surface area contributed by atoms with Crippen LogP contribution in [0.15, 0.2) is 44.7 Å². The van der Waals surface area contributed by atoms with Crippen molar-refractivity contribution in [2.24, 2.45) is 0 Å². The highest BCUT2D eigenvalue weighted by molar-refractivity contribution is 9.10. The first-order valence-electron chi connectivity index (χ1n) is 6.03. The normalized spacial score (nSPS) is 11.9. The molecule has 1 unspecified atom stereocenters. The van der Waals surface area contributed by atoms with Crippen molar-refractivity contribution in [3.05, 3.63) is 49.5 Å². The molecule has 0 spiro atoms. The molecule has 0 aliphatic rings. The summed E-state index contributed by atoms with van der Waals surface area (Å²) < 4.78 is 7.02. The second kappa shape index (κ2) is 7.24. The number of ether oxygens (including phenoxy) is 1. The second-order valence-electron chi connectivity index (χ2n) is 3.97. The van der Waals surface area contributed by atoms with Crippen LogP contribution in [0.4, 0.5) is 5.69 Å². The van der Waals surface area contributed by atoms with Crippen LogP contribution >= 0.6 is 43.2 Å². The molecule has 3 nitrogen and oxygen atoms in total. The maximum Gasteiger partial charge on any atom is 0.334 e. The molecule has 1 aromatic heterocycles. The minimum atomic E-state index is -0.515. The number of carbonyl (C=O) groups is 1. The molecule has 1 aromatic carbocycles. The fourth-order valence-electron chi connectivity index (χ4n) is 1.71. The highest BCUT2D eigenvalue weighted by atomic mass is 79.9. The third-order valence-electron chi connectivity index (χ3n) is 2.56. The molecule has 2 aromatic rings. The van der Waals surface area contributed by atoms with Crippen molar-refractivity contribution in [3.63, 3.8) is 0 Å². The maximum absolute atomic E-state index is 12.2. The Labute approximate surface area is 138 Å². The number of hydrogen-bond acceptors (Lipinski definition) is 4. The number of thiophene rings is 1. The van der Waals surface area contributed by atoms with Crippen molar-refractivity contribution in [3.8, 4) is 0 Å². The van der Waals surface area contributed by atoms with Crippen LogP contribution < -0.4 is 5.32 Å². The Morgan fingerprint density at radius 2 is 2.20 bits per heavy atom. The molecule has 0 bridgehead atoms. The molecule has 2 rings (SSSR count). The summed E-state index contributed by atoms with van der Waals surface area (Å²) in [5, 5.41) is 5.16. The van der Waals surface area contributed by atoms with E-state index < -0.39 is 6.04 Å². The number of benzene rings is 1. The van der Waals surface area contributed by atoms with Gasteiger partial charge in [0.2, 0.25) is 0 Å². The van der Waals surface area contributed by atoms with E-state index in [1.54, 1.807) is 6.92 Å². The number of carbonyl (C=O) groups excluding carboxylic acids is 1. The molecular formula is C14H13Br2NO2S. The molecule has 0 amide bonds. The molecule has 0 aliphatic heterocycles. The largest absolute Gasteiger partial charge is 0.464 e. The van der Waals surface area contributed by atoms with Gasteiger partial charge in [0.15, 0.2) is 6.04 Å². The van der Waals surface area contributed by atoms with Crippen LogP contribution in [0.3, 0.4) is 0 Å². The Kier molecular flexibility index (Phi) is 5.63. The van der Waals surface area contributed by atoms with Crippen molar-refractivity contribution in [1.29, 1.82) is 0 Å². The SMILES string of the molecule is CCOC(=O)C(Nc1cccc(Br)c1)c1sccc1Br. The second-order valence-corrected chi connectivity index (χ2v) is 6.69. The van der Waals surface area contributed by atoms with Gasteiger partial charge in [-0.2, -0.15) is 0 Å². The van der Waals surface area contributed by atoms with Crippen LogP contribution in [0.1, 0.15) is 17.8 Å². The summed E-state index contributed by atoms with van der Waals surface area (Å²) in [6.45, 7) is 2.16. The summed E-state index contributed by atoms with van der Waals surface area (Å²) in [6.07, 6.45) is 0. The molecule has 0 aliphatic carbocycles. The van der Waals surface area contributed by atoms with E-state index in [1.807, 2.05) is 35.7 Å². The molecule has 1 N–H and O–H groups in total. The number of rotatable bonds is 5. The lowest BCUT2D eigenvalue weighted by molar-refractivity contribution is -0.144. The summed E-state index contributed by atoms with van der Waals surface area (Å²) in [4.78, 5) is 13.1. The minimum Gasteiger partial charge on any atom is -0.464 e. The van der Waals surface area contributed by atoms with Crippen LogP contribution in [0, 0.1) is 0 Å². The van der Waals surface area contributed by atoms with E-state index >= 15 is 0 Å². The summed E-state index contributed by atoms with van der Waals surface area (Å²) in [7, 11) is 0. The van der Waals surface area contributed by atoms with Gasteiger partial charge in [-0.25, -0.2) is 4.79 Å². The van der Waals surface area contributed by atoms with Crippen LogP contribution in [-0.4, -0.2) is 12.6 Å². The van der Waals surface area contributed by atoms with Crippen LogP contribution in [0.2, 0.25) is 0 Å². The predicted octanol–water partition coefficient (Wildman–Crippen LogP) is 4.99. The molecule has 6 heteroatoms. The average Bonchev–Trinajstić information content (AvgIpc) is 2.82. The van der Waals surface area contributed by atoms with Gasteiger partial charge in [0.1, 0.15) is 0 Å². The fraction of sp³-hybridized carbons (Fsp3) is 0.214. The van der Waals surface area contributed by atoms with E-state index in [2.05, 4.69) is 37.2 Å². The van der Waals surface area contributed by atoms with E-state index in [-0.39, 0.29) is 5.97 Å². The van der Waals surface area contributed by atoms with E-state index in [9.17, 15) is 4.79 Å². The summed E-state index contributed by atoms with van der Waals surface area (Å²) >= 11 is 8.40. The van der Waals surface area contributed by atoms with E-state index in [0.29, 0.717) is 6.61 Å². The topological polar surface area (TPSA) is 38.3 Å². The van der Waals surface area contributed by atoms with E-state index in [4.69, 9.17) is 4.74 Å². The molecular weight excluding hydrogens is 406 g/mol. The average molecular weight is 419 g/mol. The van der Waals surface area contributed by atoms with Crippen LogP contribution in [-0.2, 0) is 9.53 Å². The number of nitrogens with one attached hydrogen (secondary N) is 1. The first kappa shape index (κ1) is 15.5. The highest BCUT2D eigenvalue weighted by Crippen LogP contribution is 2.32. The predicted molar refractivity (Wildman–Crippen MR) is 89.2 cm³/mol. The standard InChI is InChI=1S/C14H13Br2NO2S/c1-2-19-14(18)12(13-11(16)6-7-20-13)17-10-5-3-4-9(15)8-10/h3-8,12,17H,2H2,1H3. The third-order valence-corrected chi connectivity index (χ3v) is 4.99. The summed E-state index contributed by atoms with van der Waals surface area (Å²) in [6, 6.07) is 9.10. The Balaban J connectivity index is 2.28. The zero-order valence-corrected chi connectivity index (χ0v) is 14.7. The van der Waals surface area contributed by atoms with Gasteiger partial charge in [-0.1, -0.05) is 22.0 Å². The van der Waals surface area contributed by atoms with Crippen molar-refractivity contribution in [2.75, 3.05) is 11.9 Å². The third kappa shape index (κ3) is 3.84. The summed E-state index contributed by atoms with van der Waals surface area (Å²) in [5.41, 5.74) is 0.859. The number of anilines is 1. The number of hydrogen-bond donors (Lipinski definition) is 1. The molecule has 1 heterocycles. The Morgan fingerprint density at radius 1 is 1.40 bits per heavy atom. The van der Waals surface area contributed by atoms with Gasteiger partial charge < -0.3 is 10.1 Å². The molecule has 0 fully saturated rings. The highest BCUT2D eigenvalue weighted by Gasteiger charge is 2.25. The van der Waals surface area contributed by atoms with Gasteiger partial charge in [0, 0.05) is 14.6 Å². The van der Waals surface area contributed by atoms with Crippen LogP contribution in [0.5, 0.6) is 0 Å². The maximum atomic E-state index is 12.2. The molecule has 0 saturated carbocycles. The number of esters is 1. The van der Waals surface area contributed by atoms with Crippen LogP contribution in [0.25, 0.3) is 0 Å². The van der Waals surface area contributed by atoms with Gasteiger partial charge in [0.05, 0.1) is 11.5 Å². The van der Waals surface area contributed by atoms with Gasteiger partial charge in [-0.3, -0.25) is 0 Å². The van der Waals surface area contributed by atoms with Crippen molar-refractivity contribution in [1.82, 2.24) is 0 Å². The first-order chi connectivity index (χ1) is 9.61. The van der Waals surface area contributed by atoms with Crippen molar-refractivity contribution >= 4 is 54.9 Å². The lowest BCUT2D eigenvalue weighted by atomic mass is 10.2. The summed E-state index contributed by atoms with van der Waals surface area (Å²) in [5.74, 6) is -0.282. The van der Waals surface area contributed by atoms with Gasteiger partial charge in [0.25, 0.3) is 0 Å². The lowest BCUT2D eigenvalue weighted by Crippen LogP contribution is -2.22. The monoisotopic (exact) mass is 417 g/mol. The van der Waals surface area contributed by atoms with Gasteiger partial charge in [-0.15, -0.1) is 11.3 Å². The van der Waals surface area contributed by atoms with Crippen molar-refractivity contribution < 1.29 is 9.53 Å².